The molecule has 0 aromatic rings. The van der Waals surface area contributed by atoms with E-state index in [1.807, 2.05) is 26.0 Å². The van der Waals surface area contributed by atoms with Gasteiger partial charge in [0, 0.05) is 0 Å². The third kappa shape index (κ3) is 2.52. The lowest BCUT2D eigenvalue weighted by molar-refractivity contribution is -0.171. The molecule has 19 heavy (non-hydrogen) atoms. The minimum Gasteiger partial charge on any atom is -0.481 e. The molecular formula is C14H21NO4. The molecule has 2 rings (SSSR count). The third-order valence-electron chi connectivity index (χ3n) is 4.38. The summed E-state index contributed by atoms with van der Waals surface area (Å²) in [5, 5.41) is 19.3. The molecule has 0 aromatic heterocycles. The van der Waals surface area contributed by atoms with Crippen molar-refractivity contribution < 1.29 is 19.8 Å². The molecule has 0 bridgehead atoms. The monoisotopic (exact) mass is 267 g/mol. The molecular weight excluding hydrogens is 246 g/mol. The zero-order valence-corrected chi connectivity index (χ0v) is 11.4. The van der Waals surface area contributed by atoms with E-state index in [4.69, 9.17) is 5.11 Å². The van der Waals surface area contributed by atoms with Gasteiger partial charge in [-0.2, -0.15) is 0 Å². The Morgan fingerprint density at radius 1 is 1.21 bits per heavy atom. The maximum Gasteiger partial charge on any atom is 0.307 e. The summed E-state index contributed by atoms with van der Waals surface area (Å²) in [5.41, 5.74) is -0.807. The van der Waals surface area contributed by atoms with Gasteiger partial charge in [-0.25, -0.2) is 0 Å². The van der Waals surface area contributed by atoms with Crippen LogP contribution in [0.2, 0.25) is 0 Å². The topological polar surface area (TPSA) is 77.8 Å². The van der Waals surface area contributed by atoms with Gasteiger partial charge in [0.15, 0.2) is 0 Å². The van der Waals surface area contributed by atoms with Gasteiger partial charge in [-0.05, 0) is 18.8 Å². The van der Waals surface area contributed by atoms with Crippen LogP contribution in [-0.4, -0.2) is 45.7 Å². The predicted molar refractivity (Wildman–Crippen MR) is 69.4 cm³/mol. The Morgan fingerprint density at radius 2 is 1.74 bits per heavy atom. The van der Waals surface area contributed by atoms with Crippen molar-refractivity contribution >= 4 is 11.9 Å². The van der Waals surface area contributed by atoms with Crippen LogP contribution < -0.4 is 0 Å². The SMILES string of the molecule is CC(C)C1(O)CN(C(=O)C2CC=CCC2C(=O)O)C1. The zero-order valence-electron chi connectivity index (χ0n) is 11.4. The number of rotatable bonds is 3. The number of carbonyl (C=O) groups is 2. The fraction of sp³-hybridized carbons (Fsp3) is 0.714. The van der Waals surface area contributed by atoms with Crippen molar-refractivity contribution in [3.63, 3.8) is 0 Å². The lowest BCUT2D eigenvalue weighted by Gasteiger charge is -2.50. The highest BCUT2D eigenvalue weighted by Crippen LogP contribution is 2.34. The van der Waals surface area contributed by atoms with Crippen LogP contribution in [0.25, 0.3) is 0 Å². The molecule has 106 valence electrons. The van der Waals surface area contributed by atoms with Crippen molar-refractivity contribution in [2.24, 2.45) is 17.8 Å². The van der Waals surface area contributed by atoms with Crippen LogP contribution >= 0.6 is 0 Å². The summed E-state index contributed by atoms with van der Waals surface area (Å²) in [7, 11) is 0. The quantitative estimate of drug-likeness (QED) is 0.744. The van der Waals surface area contributed by atoms with Crippen LogP contribution in [0.4, 0.5) is 0 Å². The Kier molecular flexibility index (Phi) is 3.67. The van der Waals surface area contributed by atoms with E-state index in [0.717, 1.165) is 0 Å². The molecule has 2 N–H and O–H groups in total. The molecule has 1 saturated heterocycles. The van der Waals surface area contributed by atoms with E-state index in [0.29, 0.717) is 25.9 Å². The van der Waals surface area contributed by atoms with Crippen molar-refractivity contribution in [3.05, 3.63) is 12.2 Å². The minimum atomic E-state index is -0.914. The fourth-order valence-electron chi connectivity index (χ4n) is 2.73. The summed E-state index contributed by atoms with van der Waals surface area (Å²) in [6.45, 7) is 4.47. The van der Waals surface area contributed by atoms with Gasteiger partial charge in [0.05, 0.1) is 24.9 Å². The number of carboxylic acid groups (broad SMARTS) is 1. The van der Waals surface area contributed by atoms with Crippen molar-refractivity contribution in [2.45, 2.75) is 32.3 Å². The van der Waals surface area contributed by atoms with E-state index in [2.05, 4.69) is 0 Å². The van der Waals surface area contributed by atoms with Crippen LogP contribution in [0, 0.1) is 17.8 Å². The second kappa shape index (κ2) is 4.96. The van der Waals surface area contributed by atoms with Crippen LogP contribution in [0.1, 0.15) is 26.7 Å². The number of β-amino-alcohol motifs (C(OH)–C–C–N with tert-alkyl or cyclic N) is 1. The number of allylic oxidation sites excluding steroid dienone is 2. The molecule has 5 nitrogen and oxygen atoms in total. The molecule has 0 spiro atoms. The molecule has 1 fully saturated rings. The number of aliphatic hydroxyl groups is 1. The minimum absolute atomic E-state index is 0.0954. The number of aliphatic carboxylic acids is 1. The van der Waals surface area contributed by atoms with Crippen molar-refractivity contribution in [1.82, 2.24) is 4.90 Å². The average Bonchev–Trinajstić information content (AvgIpc) is 2.33. The molecule has 5 heteroatoms. The first-order valence-electron chi connectivity index (χ1n) is 6.74. The van der Waals surface area contributed by atoms with Gasteiger partial charge in [-0.1, -0.05) is 26.0 Å². The van der Waals surface area contributed by atoms with Gasteiger partial charge >= 0.3 is 5.97 Å². The largest absolute Gasteiger partial charge is 0.481 e. The molecule has 2 unspecified atom stereocenters. The molecule has 2 aliphatic rings. The van der Waals surface area contributed by atoms with Gasteiger partial charge in [0.25, 0.3) is 0 Å². The molecule has 1 aliphatic carbocycles. The van der Waals surface area contributed by atoms with E-state index in [-0.39, 0.29) is 11.8 Å². The van der Waals surface area contributed by atoms with Crippen LogP contribution in [-0.2, 0) is 9.59 Å². The van der Waals surface area contributed by atoms with Gasteiger partial charge in [-0.3, -0.25) is 9.59 Å². The predicted octanol–water partition coefficient (Wildman–Crippen LogP) is 0.883. The smallest absolute Gasteiger partial charge is 0.307 e. The van der Waals surface area contributed by atoms with Crippen LogP contribution in [0.5, 0.6) is 0 Å². The Hall–Kier alpha value is -1.36. The third-order valence-corrected chi connectivity index (χ3v) is 4.38. The second-order valence-corrected chi connectivity index (χ2v) is 5.95. The lowest BCUT2D eigenvalue weighted by Crippen LogP contribution is -2.67. The molecule has 1 amide bonds. The van der Waals surface area contributed by atoms with Gasteiger partial charge in [0.1, 0.15) is 5.60 Å². The summed E-state index contributed by atoms with van der Waals surface area (Å²) >= 11 is 0. The Labute approximate surface area is 112 Å². The number of hydrogen-bond acceptors (Lipinski definition) is 3. The van der Waals surface area contributed by atoms with Crippen molar-refractivity contribution in [2.75, 3.05) is 13.1 Å². The van der Waals surface area contributed by atoms with Gasteiger partial charge in [-0.15, -0.1) is 0 Å². The van der Waals surface area contributed by atoms with Crippen molar-refractivity contribution in [3.8, 4) is 0 Å². The van der Waals surface area contributed by atoms with E-state index in [1.54, 1.807) is 4.90 Å². The van der Waals surface area contributed by atoms with Crippen LogP contribution in [0.3, 0.4) is 0 Å². The standard InChI is InChI=1S/C14H21NO4/c1-9(2)14(19)7-15(8-14)12(16)10-5-3-4-6-11(10)13(17)18/h3-4,9-11,19H,5-8H2,1-2H3,(H,17,18). The molecule has 0 aromatic carbocycles. The number of carbonyl (C=O) groups excluding carboxylic acids is 1. The highest BCUT2D eigenvalue weighted by molar-refractivity contribution is 5.86. The maximum absolute atomic E-state index is 12.3. The normalized spacial score (nSPS) is 29.2. The van der Waals surface area contributed by atoms with E-state index >= 15 is 0 Å². The van der Waals surface area contributed by atoms with E-state index < -0.39 is 23.4 Å². The maximum atomic E-state index is 12.3. The Bertz CT molecular complexity index is 410. The summed E-state index contributed by atoms with van der Waals surface area (Å²) < 4.78 is 0. The second-order valence-electron chi connectivity index (χ2n) is 5.95. The van der Waals surface area contributed by atoms with E-state index in [1.165, 1.54) is 0 Å². The number of hydrogen-bond donors (Lipinski definition) is 2. The Balaban J connectivity index is 2.01. The zero-order chi connectivity index (χ0) is 14.2. The Morgan fingerprint density at radius 3 is 2.21 bits per heavy atom. The number of amides is 1. The molecule has 1 aliphatic heterocycles. The van der Waals surface area contributed by atoms with Gasteiger partial charge < -0.3 is 15.1 Å². The summed E-state index contributed by atoms with van der Waals surface area (Å²) in [5.74, 6) is -2.08. The molecule has 1 heterocycles. The fourth-order valence-corrected chi connectivity index (χ4v) is 2.73. The lowest BCUT2D eigenvalue weighted by atomic mass is 9.78. The summed E-state index contributed by atoms with van der Waals surface area (Å²) in [4.78, 5) is 25.1. The first kappa shape index (κ1) is 14.1. The molecule has 0 saturated carbocycles. The first-order valence-corrected chi connectivity index (χ1v) is 6.74. The number of carboxylic acids is 1. The molecule has 0 radical (unpaired) electrons. The first-order chi connectivity index (χ1) is 8.85. The summed E-state index contributed by atoms with van der Waals surface area (Å²) in [6, 6.07) is 0. The number of likely N-dealkylation sites (tertiary alicyclic amines) is 1. The highest BCUT2D eigenvalue weighted by atomic mass is 16.4. The van der Waals surface area contributed by atoms with Gasteiger partial charge in [0.2, 0.25) is 5.91 Å². The molecule has 2 atom stereocenters. The summed E-state index contributed by atoms with van der Waals surface area (Å²) in [6.07, 6.45) is 4.58. The van der Waals surface area contributed by atoms with E-state index in [9.17, 15) is 14.7 Å². The highest BCUT2D eigenvalue weighted by Gasteiger charge is 2.48. The average molecular weight is 267 g/mol. The number of nitrogens with zero attached hydrogens (tertiary/aromatic N) is 1. The van der Waals surface area contributed by atoms with Crippen molar-refractivity contribution in [1.29, 1.82) is 0 Å². The van der Waals surface area contributed by atoms with Crippen LogP contribution in [0.15, 0.2) is 12.2 Å².